The van der Waals surface area contributed by atoms with E-state index in [0.29, 0.717) is 24.6 Å². The first kappa shape index (κ1) is 16.9. The Labute approximate surface area is 143 Å². The normalized spacial score (nSPS) is 24.9. The molecule has 0 bridgehead atoms. The zero-order valence-corrected chi connectivity index (χ0v) is 14.4. The number of hydrogen-bond acceptors (Lipinski definition) is 3. The monoisotopic (exact) mass is 323 g/mol. The van der Waals surface area contributed by atoms with Gasteiger partial charge < -0.3 is 5.11 Å². The molecule has 0 unspecified atom stereocenters. The van der Waals surface area contributed by atoms with Crippen LogP contribution in [0, 0.1) is 5.92 Å². The topological polar surface area (TPSA) is 40.5 Å². The third-order valence-corrected chi connectivity index (χ3v) is 5.15. The highest BCUT2D eigenvalue weighted by atomic mass is 16.3. The maximum Gasteiger partial charge on any atom is 0.170 e. The average molecular weight is 323 g/mol. The number of hydrogen-bond donors (Lipinski definition) is 1. The van der Waals surface area contributed by atoms with E-state index in [1.54, 1.807) is 0 Å². The van der Waals surface area contributed by atoms with Crippen molar-refractivity contribution in [1.82, 2.24) is 4.90 Å². The zero-order chi connectivity index (χ0) is 17.2. The van der Waals surface area contributed by atoms with Gasteiger partial charge >= 0.3 is 0 Å². The van der Waals surface area contributed by atoms with Gasteiger partial charge in [0.1, 0.15) is 5.60 Å². The van der Waals surface area contributed by atoms with E-state index in [2.05, 4.69) is 18.7 Å². The summed E-state index contributed by atoms with van der Waals surface area (Å²) in [5.41, 5.74) is 0.393. The van der Waals surface area contributed by atoms with E-state index in [0.717, 1.165) is 12.1 Å². The van der Waals surface area contributed by atoms with Crippen LogP contribution in [0.5, 0.6) is 0 Å². The van der Waals surface area contributed by atoms with Gasteiger partial charge in [0.2, 0.25) is 0 Å². The highest BCUT2D eigenvalue weighted by Crippen LogP contribution is 2.39. The largest absolute Gasteiger partial charge is 0.384 e. The molecule has 1 fully saturated rings. The van der Waals surface area contributed by atoms with Crippen molar-refractivity contribution in [3.05, 3.63) is 71.8 Å². The van der Waals surface area contributed by atoms with Crippen LogP contribution < -0.4 is 0 Å². The van der Waals surface area contributed by atoms with Crippen molar-refractivity contribution >= 4 is 5.78 Å². The molecule has 3 rings (SSSR count). The fourth-order valence-corrected chi connectivity index (χ4v) is 3.61. The smallest absolute Gasteiger partial charge is 0.170 e. The van der Waals surface area contributed by atoms with Gasteiger partial charge in [-0.15, -0.1) is 0 Å². The van der Waals surface area contributed by atoms with Crippen LogP contribution >= 0.6 is 0 Å². The Balaban J connectivity index is 1.99. The van der Waals surface area contributed by atoms with E-state index in [4.69, 9.17) is 0 Å². The molecule has 0 spiro atoms. The number of nitrogens with zero attached hydrogens (tertiary/aromatic N) is 1. The molecular weight excluding hydrogens is 298 g/mol. The van der Waals surface area contributed by atoms with Gasteiger partial charge in [0.15, 0.2) is 5.78 Å². The van der Waals surface area contributed by atoms with Gasteiger partial charge in [-0.25, -0.2) is 0 Å². The van der Waals surface area contributed by atoms with Crippen molar-refractivity contribution in [3.63, 3.8) is 0 Å². The second-order valence-electron chi connectivity index (χ2n) is 6.91. The molecular formula is C21H25NO2. The Morgan fingerprint density at radius 3 is 2.25 bits per heavy atom. The molecule has 0 radical (unpaired) electrons. The predicted molar refractivity (Wildman–Crippen MR) is 95.9 cm³/mol. The van der Waals surface area contributed by atoms with Crippen molar-refractivity contribution in [2.24, 2.45) is 5.92 Å². The van der Waals surface area contributed by atoms with Crippen molar-refractivity contribution in [1.29, 1.82) is 0 Å². The van der Waals surface area contributed by atoms with Crippen LogP contribution in [0.2, 0.25) is 0 Å². The molecule has 3 nitrogen and oxygen atoms in total. The summed E-state index contributed by atoms with van der Waals surface area (Å²) in [4.78, 5) is 15.5. The number of piperidine rings is 1. The van der Waals surface area contributed by atoms with E-state index < -0.39 is 11.5 Å². The van der Waals surface area contributed by atoms with Crippen LogP contribution in [0.1, 0.15) is 36.2 Å². The molecule has 0 amide bonds. The molecule has 2 aromatic rings. The first-order chi connectivity index (χ1) is 11.5. The summed E-state index contributed by atoms with van der Waals surface area (Å²) in [5.74, 6) is -0.439. The van der Waals surface area contributed by atoms with Crippen molar-refractivity contribution in [3.8, 4) is 0 Å². The van der Waals surface area contributed by atoms with Crippen LogP contribution in [-0.4, -0.2) is 34.9 Å². The van der Waals surface area contributed by atoms with E-state index in [-0.39, 0.29) is 5.78 Å². The van der Waals surface area contributed by atoms with Gasteiger partial charge in [-0.1, -0.05) is 60.7 Å². The summed E-state index contributed by atoms with van der Waals surface area (Å²) >= 11 is 0. The lowest BCUT2D eigenvalue weighted by atomic mass is 9.72. The van der Waals surface area contributed by atoms with Gasteiger partial charge in [0.05, 0.1) is 5.92 Å². The SMILES string of the molecule is CC(C)N1CC[C@@](O)(c2ccccc2)[C@H](C(=O)c2ccccc2)C1. The Kier molecular flexibility index (Phi) is 4.83. The second kappa shape index (κ2) is 6.88. The molecule has 0 aromatic heterocycles. The van der Waals surface area contributed by atoms with Crippen molar-refractivity contribution in [2.75, 3.05) is 13.1 Å². The molecule has 2 aromatic carbocycles. The Bertz CT molecular complexity index is 683. The van der Waals surface area contributed by atoms with Crippen molar-refractivity contribution < 1.29 is 9.90 Å². The van der Waals surface area contributed by atoms with Crippen LogP contribution in [0.4, 0.5) is 0 Å². The lowest BCUT2D eigenvalue weighted by Crippen LogP contribution is -2.54. The summed E-state index contributed by atoms with van der Waals surface area (Å²) in [6.45, 7) is 5.65. The van der Waals surface area contributed by atoms with Gasteiger partial charge in [0, 0.05) is 24.7 Å². The lowest BCUT2D eigenvalue weighted by molar-refractivity contribution is -0.0696. The van der Waals surface area contributed by atoms with Crippen LogP contribution in [-0.2, 0) is 5.60 Å². The van der Waals surface area contributed by atoms with Gasteiger partial charge in [-0.3, -0.25) is 9.69 Å². The number of ketones is 1. The van der Waals surface area contributed by atoms with E-state index >= 15 is 0 Å². The molecule has 2 atom stereocenters. The summed E-state index contributed by atoms with van der Waals surface area (Å²) < 4.78 is 0. The van der Waals surface area contributed by atoms with Crippen LogP contribution in [0.15, 0.2) is 60.7 Å². The maximum atomic E-state index is 13.2. The summed E-state index contributed by atoms with van der Waals surface area (Å²) in [6, 6.07) is 19.3. The van der Waals surface area contributed by atoms with E-state index in [1.165, 1.54) is 0 Å². The second-order valence-corrected chi connectivity index (χ2v) is 6.91. The minimum absolute atomic E-state index is 0.0207. The molecule has 1 aliphatic heterocycles. The summed E-state index contributed by atoms with van der Waals surface area (Å²) in [6.07, 6.45) is 0.568. The van der Waals surface area contributed by atoms with E-state index in [9.17, 15) is 9.90 Å². The van der Waals surface area contributed by atoms with Crippen LogP contribution in [0.25, 0.3) is 0 Å². The number of aliphatic hydroxyl groups is 1. The molecule has 24 heavy (non-hydrogen) atoms. The first-order valence-corrected chi connectivity index (χ1v) is 8.63. The number of Topliss-reactive ketones (excluding diaryl/α,β-unsaturated/α-hetero) is 1. The predicted octanol–water partition coefficient (Wildman–Crippen LogP) is 3.49. The number of benzene rings is 2. The molecule has 3 heteroatoms. The van der Waals surface area contributed by atoms with Crippen LogP contribution in [0.3, 0.4) is 0 Å². The standard InChI is InChI=1S/C21H25NO2/c1-16(2)22-14-13-21(24,18-11-7-4-8-12-18)19(15-22)20(23)17-9-5-3-6-10-17/h3-12,16,19,24H,13-15H2,1-2H3/t19-,21+/m0/s1. The highest BCUT2D eigenvalue weighted by molar-refractivity contribution is 5.99. The van der Waals surface area contributed by atoms with Crippen molar-refractivity contribution in [2.45, 2.75) is 31.9 Å². The first-order valence-electron chi connectivity index (χ1n) is 8.63. The Morgan fingerprint density at radius 1 is 1.08 bits per heavy atom. The molecule has 126 valence electrons. The third kappa shape index (κ3) is 3.14. The number of likely N-dealkylation sites (tertiary alicyclic amines) is 1. The van der Waals surface area contributed by atoms with Gasteiger partial charge in [-0.05, 0) is 25.8 Å². The fourth-order valence-electron chi connectivity index (χ4n) is 3.61. The number of rotatable bonds is 4. The molecule has 1 saturated heterocycles. The average Bonchev–Trinajstić information content (AvgIpc) is 2.63. The molecule has 1 heterocycles. The number of carbonyl (C=O) groups excluding carboxylic acids is 1. The third-order valence-electron chi connectivity index (χ3n) is 5.15. The van der Waals surface area contributed by atoms with Gasteiger partial charge in [0.25, 0.3) is 0 Å². The minimum atomic E-state index is -1.11. The Morgan fingerprint density at radius 2 is 1.67 bits per heavy atom. The summed E-state index contributed by atoms with van der Waals surface area (Å²) in [7, 11) is 0. The van der Waals surface area contributed by atoms with E-state index in [1.807, 2.05) is 60.7 Å². The lowest BCUT2D eigenvalue weighted by Gasteiger charge is -2.45. The zero-order valence-electron chi connectivity index (χ0n) is 14.4. The fraction of sp³-hybridized carbons (Fsp3) is 0.381. The quantitative estimate of drug-likeness (QED) is 0.876. The molecule has 0 aliphatic carbocycles. The minimum Gasteiger partial charge on any atom is -0.384 e. The summed E-state index contributed by atoms with van der Waals surface area (Å²) in [5, 5.41) is 11.5. The molecule has 1 N–H and O–H groups in total. The molecule has 0 saturated carbocycles. The van der Waals surface area contributed by atoms with Gasteiger partial charge in [-0.2, -0.15) is 0 Å². The Hall–Kier alpha value is -1.97. The highest BCUT2D eigenvalue weighted by Gasteiger charge is 2.47. The molecule has 1 aliphatic rings. The number of carbonyl (C=O) groups is 1. The maximum absolute atomic E-state index is 13.2.